The van der Waals surface area contributed by atoms with E-state index in [-0.39, 0.29) is 17.8 Å². The zero-order chi connectivity index (χ0) is 15.0. The Morgan fingerprint density at radius 1 is 1.38 bits per heavy atom. The highest BCUT2D eigenvalue weighted by Crippen LogP contribution is 2.32. The molecule has 2 atom stereocenters. The number of hydrogen-bond donors (Lipinski definition) is 3. The summed E-state index contributed by atoms with van der Waals surface area (Å²) in [4.78, 5) is 18.9. The zero-order valence-electron chi connectivity index (χ0n) is 12.2. The number of rotatable bonds is 4. The van der Waals surface area contributed by atoms with Crippen LogP contribution in [0.1, 0.15) is 48.2 Å². The molecule has 0 spiro atoms. The molecule has 1 aromatic rings. The minimum Gasteiger partial charge on any atom is -0.391 e. The normalized spacial score (nSPS) is 25.6. The van der Waals surface area contributed by atoms with Crippen molar-refractivity contribution in [2.24, 2.45) is 0 Å². The molecule has 2 fully saturated rings. The molecule has 1 heterocycles. The fourth-order valence-electron chi connectivity index (χ4n) is 2.80. The van der Waals surface area contributed by atoms with Crippen molar-refractivity contribution in [2.45, 2.75) is 56.7 Å². The molecule has 2 saturated carbocycles. The number of carbonyl (C=O) groups is 1. The summed E-state index contributed by atoms with van der Waals surface area (Å²) in [5.74, 6) is 0.144. The van der Waals surface area contributed by atoms with Crippen LogP contribution < -0.4 is 11.1 Å². The molecule has 0 bridgehead atoms. The molecule has 0 aromatic carbocycles. The second-order valence-corrected chi connectivity index (χ2v) is 6.99. The Kier molecular flexibility index (Phi) is 4.03. The Morgan fingerprint density at radius 2 is 2.10 bits per heavy atom. The van der Waals surface area contributed by atoms with Crippen molar-refractivity contribution in [1.82, 2.24) is 9.88 Å². The van der Waals surface area contributed by atoms with E-state index in [9.17, 15) is 9.90 Å². The lowest BCUT2D eigenvalue weighted by Crippen LogP contribution is -2.46. The van der Waals surface area contributed by atoms with Crippen LogP contribution in [0, 0.1) is 0 Å². The van der Waals surface area contributed by atoms with Crippen LogP contribution >= 0.6 is 11.3 Å². The molecule has 7 heteroatoms. The average molecular weight is 310 g/mol. The standard InChI is InChI=1S/C14H22N4O2S/c1-18(9-4-2-3-5-10(9)19)13(20)11-12(15)17-14(21-11)16-8-6-7-8/h8-10,19H,2-7,15H2,1H3,(H,16,17). The number of nitrogens with zero attached hydrogens (tertiary/aromatic N) is 2. The number of thiazole rings is 1. The molecular weight excluding hydrogens is 288 g/mol. The summed E-state index contributed by atoms with van der Waals surface area (Å²) in [6, 6.07) is 0.365. The number of anilines is 2. The maximum absolute atomic E-state index is 12.6. The number of carbonyl (C=O) groups excluding carboxylic acids is 1. The van der Waals surface area contributed by atoms with Gasteiger partial charge in [0.25, 0.3) is 5.91 Å². The molecule has 4 N–H and O–H groups in total. The lowest BCUT2D eigenvalue weighted by atomic mass is 9.91. The van der Waals surface area contributed by atoms with Crippen molar-refractivity contribution >= 4 is 28.2 Å². The van der Waals surface area contributed by atoms with Crippen LogP contribution in [-0.4, -0.2) is 46.1 Å². The fourth-order valence-corrected chi connectivity index (χ4v) is 3.75. The summed E-state index contributed by atoms with van der Waals surface area (Å²) in [5, 5.41) is 14.1. The van der Waals surface area contributed by atoms with Gasteiger partial charge in [0, 0.05) is 13.1 Å². The largest absolute Gasteiger partial charge is 0.391 e. The third kappa shape index (κ3) is 3.13. The average Bonchev–Trinajstić information content (AvgIpc) is 3.20. The molecule has 1 amide bonds. The van der Waals surface area contributed by atoms with Crippen molar-refractivity contribution in [3.05, 3.63) is 4.88 Å². The van der Waals surface area contributed by atoms with Gasteiger partial charge in [0.1, 0.15) is 10.7 Å². The molecule has 1 aromatic heterocycles. The number of aliphatic hydroxyl groups excluding tert-OH is 1. The maximum atomic E-state index is 12.6. The number of aliphatic hydroxyl groups is 1. The topological polar surface area (TPSA) is 91.5 Å². The van der Waals surface area contributed by atoms with Crippen molar-refractivity contribution in [2.75, 3.05) is 18.1 Å². The first-order valence-electron chi connectivity index (χ1n) is 7.54. The van der Waals surface area contributed by atoms with E-state index in [2.05, 4.69) is 10.3 Å². The van der Waals surface area contributed by atoms with Gasteiger partial charge in [0.2, 0.25) is 0 Å². The molecule has 0 radical (unpaired) electrons. The third-order valence-electron chi connectivity index (χ3n) is 4.26. The number of aromatic nitrogens is 1. The van der Waals surface area contributed by atoms with E-state index in [0.717, 1.165) is 43.7 Å². The summed E-state index contributed by atoms with van der Waals surface area (Å²) in [6.07, 6.45) is 5.54. The third-order valence-corrected chi connectivity index (χ3v) is 5.25. The lowest BCUT2D eigenvalue weighted by Gasteiger charge is -2.34. The number of nitrogens with one attached hydrogen (secondary N) is 1. The highest BCUT2D eigenvalue weighted by molar-refractivity contribution is 7.18. The second kappa shape index (κ2) is 5.81. The number of hydrogen-bond acceptors (Lipinski definition) is 6. The Labute approximate surface area is 128 Å². The quantitative estimate of drug-likeness (QED) is 0.787. The Balaban J connectivity index is 1.72. The first-order chi connectivity index (χ1) is 10.1. The molecule has 6 nitrogen and oxygen atoms in total. The molecule has 0 saturated heterocycles. The van der Waals surface area contributed by atoms with Crippen molar-refractivity contribution in [3.8, 4) is 0 Å². The minimum atomic E-state index is -0.439. The van der Waals surface area contributed by atoms with E-state index in [1.807, 2.05) is 0 Å². The van der Waals surface area contributed by atoms with Gasteiger partial charge in [-0.2, -0.15) is 0 Å². The van der Waals surface area contributed by atoms with Crippen LogP contribution in [0.25, 0.3) is 0 Å². The molecule has 0 aliphatic heterocycles. The van der Waals surface area contributed by atoms with Crippen molar-refractivity contribution in [1.29, 1.82) is 0 Å². The number of likely N-dealkylation sites (N-methyl/N-ethyl adjacent to an activating group) is 1. The summed E-state index contributed by atoms with van der Waals surface area (Å²) in [6.45, 7) is 0. The van der Waals surface area contributed by atoms with Crippen LogP contribution in [0.5, 0.6) is 0 Å². The van der Waals surface area contributed by atoms with Gasteiger partial charge in [-0.15, -0.1) is 0 Å². The van der Waals surface area contributed by atoms with Crippen LogP contribution in [0.3, 0.4) is 0 Å². The molecule has 21 heavy (non-hydrogen) atoms. The van der Waals surface area contributed by atoms with Gasteiger partial charge in [-0.25, -0.2) is 4.98 Å². The summed E-state index contributed by atoms with van der Waals surface area (Å²) < 4.78 is 0. The summed E-state index contributed by atoms with van der Waals surface area (Å²) >= 11 is 1.31. The molecular formula is C14H22N4O2S. The molecule has 2 aliphatic rings. The van der Waals surface area contributed by atoms with Gasteiger partial charge in [-0.05, 0) is 25.7 Å². The van der Waals surface area contributed by atoms with E-state index in [1.54, 1.807) is 11.9 Å². The fraction of sp³-hybridized carbons (Fsp3) is 0.714. The van der Waals surface area contributed by atoms with Gasteiger partial charge >= 0.3 is 0 Å². The molecule has 2 aliphatic carbocycles. The Bertz CT molecular complexity index is 529. The number of nitrogens with two attached hydrogens (primary N) is 1. The SMILES string of the molecule is CN(C(=O)c1sc(NC2CC2)nc1N)C1CCCCC1O. The minimum absolute atomic E-state index is 0.118. The molecule has 3 rings (SSSR count). The van der Waals surface area contributed by atoms with Gasteiger partial charge in [-0.3, -0.25) is 4.79 Å². The first kappa shape index (κ1) is 14.6. The smallest absolute Gasteiger partial charge is 0.267 e. The van der Waals surface area contributed by atoms with E-state index in [4.69, 9.17) is 5.73 Å². The highest BCUT2D eigenvalue weighted by Gasteiger charge is 2.32. The van der Waals surface area contributed by atoms with Crippen LogP contribution in [0.2, 0.25) is 0 Å². The first-order valence-corrected chi connectivity index (χ1v) is 8.36. The molecule has 2 unspecified atom stereocenters. The van der Waals surface area contributed by atoms with Crippen LogP contribution in [-0.2, 0) is 0 Å². The van der Waals surface area contributed by atoms with Crippen molar-refractivity contribution < 1.29 is 9.90 Å². The van der Waals surface area contributed by atoms with Gasteiger partial charge in [0.15, 0.2) is 5.13 Å². The van der Waals surface area contributed by atoms with Crippen LogP contribution in [0.15, 0.2) is 0 Å². The van der Waals surface area contributed by atoms with Crippen LogP contribution in [0.4, 0.5) is 10.9 Å². The van der Waals surface area contributed by atoms with Crippen molar-refractivity contribution in [3.63, 3.8) is 0 Å². The summed E-state index contributed by atoms with van der Waals surface area (Å²) in [5.41, 5.74) is 5.89. The Hall–Kier alpha value is -1.34. The number of nitrogen functional groups attached to an aromatic ring is 1. The highest BCUT2D eigenvalue weighted by atomic mass is 32.1. The summed E-state index contributed by atoms with van der Waals surface area (Å²) in [7, 11) is 1.74. The predicted molar refractivity (Wildman–Crippen MR) is 83.5 cm³/mol. The van der Waals surface area contributed by atoms with E-state index in [0.29, 0.717) is 10.9 Å². The van der Waals surface area contributed by atoms with E-state index >= 15 is 0 Å². The van der Waals surface area contributed by atoms with Gasteiger partial charge in [-0.1, -0.05) is 24.2 Å². The molecule has 116 valence electrons. The number of amides is 1. The predicted octanol–water partition coefficient (Wildman–Crippen LogP) is 1.68. The van der Waals surface area contributed by atoms with E-state index < -0.39 is 6.10 Å². The lowest BCUT2D eigenvalue weighted by molar-refractivity contribution is 0.0271. The maximum Gasteiger partial charge on any atom is 0.267 e. The zero-order valence-corrected chi connectivity index (χ0v) is 13.0. The second-order valence-electron chi connectivity index (χ2n) is 5.99. The Morgan fingerprint density at radius 3 is 2.76 bits per heavy atom. The van der Waals surface area contributed by atoms with Gasteiger partial charge < -0.3 is 21.1 Å². The monoisotopic (exact) mass is 310 g/mol. The van der Waals surface area contributed by atoms with Gasteiger partial charge in [0.05, 0.1) is 12.1 Å². The van der Waals surface area contributed by atoms with E-state index in [1.165, 1.54) is 11.3 Å².